The minimum atomic E-state index is -0.982. The Kier molecular flexibility index (Phi) is 79.0. The van der Waals surface area contributed by atoms with Crippen molar-refractivity contribution < 1.29 is 57.2 Å². The van der Waals surface area contributed by atoms with Gasteiger partial charge in [-0.25, -0.2) is 0 Å². The Morgan fingerprint density at radius 2 is 0.697 bits per heavy atom. The number of Topliss-reactive ketones (excluding diaryl/α,β-unsaturated/α-hetero) is 1. The van der Waals surface area contributed by atoms with Gasteiger partial charge in [-0.3, -0.25) is 28.8 Å². The zero-order valence-corrected chi connectivity index (χ0v) is 103. The molecule has 9 rings (SSSR count). The molecule has 0 radical (unpaired) electrons. The number of carbonyl (C=O) groups is 6. The van der Waals surface area contributed by atoms with Crippen molar-refractivity contribution in [3.05, 3.63) is 294 Å². The summed E-state index contributed by atoms with van der Waals surface area (Å²) in [6.45, 7) is 102. The van der Waals surface area contributed by atoms with Crippen LogP contribution in [0.2, 0.25) is 42.8 Å². The van der Waals surface area contributed by atoms with Gasteiger partial charge in [0.15, 0.2) is 0 Å². The predicted molar refractivity (Wildman–Crippen MR) is 635 cm³/mol. The van der Waals surface area contributed by atoms with E-state index >= 15 is 0 Å². The first-order chi connectivity index (χ1) is 67.2. The van der Waals surface area contributed by atoms with Gasteiger partial charge in [-0.2, -0.15) is 0 Å². The standard InChI is InChI=1S/C22H22.C18H18O2.C11H14O2.C11H16O.C10H14.C9H22Si.C8H18O2Si.C8H16O2.C7H12O2.C7H16.C6H12.C5H10O.C5H12.C4H10/c1-18(2)22(19-12-6-3-7-13-19,20-14-8-4-9-15-20)21-16-10-5-11-17-21;1-12(2)18(19)20-11-17-15-9-5-3-7-13(15)14-8-4-6-10-16(14)17;1-9(2)11(12)13-8-10-6-4-3-5-7-10;1-9(2)8-10-4-6-11(12-3)7-5-10;1-9(2)8-10-6-4-3-5-7-10;1-8(2)10(6,7)9(3,4)5;1-7(2)8(9)10-5-6-11(3)4;1-6(2)7(9)10-8(3,4)5;1-4-5-9-7(8)6(2)3;1-6(2)7(3,4)5;1-4-5-6(2)3;1-4(2)5(3)6;1-4-5(2)3;1-4(2)3/h3-18H,1-2H3;3-10,12,17H,11H2,1-2H3;3-7,9H,8H2,1-2H3;4-7,9H,8H2,1-3H3;3-7,9H,8H2,1-2H3;8H,1-7H3;7,11H,5-6H2,1-4H3;6H,1-5H3;4,6H,1,5H2,2-3H3;6H,1-5H3;4,6H,1,5H2,2-3H3;4H,1-3H3;5H,4H2,1-3H3;4H,1-3H3. The lowest BCUT2D eigenvalue weighted by Crippen LogP contribution is -2.39. The lowest BCUT2D eigenvalue weighted by atomic mass is 9.63. The van der Waals surface area contributed by atoms with E-state index in [0.29, 0.717) is 42.8 Å². The molecule has 0 saturated heterocycles. The molecule has 8 aromatic rings. The Balaban J connectivity index is -0.000000497. The van der Waals surface area contributed by atoms with Gasteiger partial charge in [0.1, 0.15) is 37.0 Å². The van der Waals surface area contributed by atoms with Crippen molar-refractivity contribution in [3.63, 3.8) is 0 Å². The molecule has 0 saturated carbocycles. The number of ketones is 1. The van der Waals surface area contributed by atoms with Crippen LogP contribution in [0.1, 0.15) is 340 Å². The highest BCUT2D eigenvalue weighted by Crippen LogP contribution is 2.47. The second-order valence-electron chi connectivity index (χ2n) is 46.5. The number of benzene rings is 8. The first kappa shape index (κ1) is 144. The summed E-state index contributed by atoms with van der Waals surface area (Å²) in [6.07, 6.45) is 8.29. The molecule has 14 heteroatoms. The maximum Gasteiger partial charge on any atom is 0.308 e. The SMILES string of the molecule is C=CCC(C)C.C=CCOC(=O)C(C)C.CC(=O)C(C)C.CC(C)C.CC(C)C(=O)OC(C)(C)C.CC(C)C(=O)OCC1c2ccccc2-c2ccccc21.CC(C)C(=O)OCC[SiH](C)C.CC(C)C(=O)OCc1ccccc1.CC(C)C(C)(C)C.CC(C)C(c1ccccc1)(c1ccccc1)c1ccccc1.CC(C)Cc1ccccc1.CC(C)[Si](C)(C)C(C)(C)C.CCC(C)C.COc1ccc(CC(C)C)cc1. The molecule has 0 N–H and O–H groups in total. The van der Waals surface area contributed by atoms with E-state index in [4.69, 9.17) is 28.4 Å². The van der Waals surface area contributed by atoms with Gasteiger partial charge in [0.2, 0.25) is 0 Å². The lowest BCUT2D eigenvalue weighted by Gasteiger charge is -2.40. The van der Waals surface area contributed by atoms with Crippen LogP contribution >= 0.6 is 0 Å². The van der Waals surface area contributed by atoms with Crippen molar-refractivity contribution >= 4 is 52.5 Å². The average molecular weight is 2040 g/mol. The molecule has 8 aromatic carbocycles. The van der Waals surface area contributed by atoms with E-state index in [1.165, 1.54) is 62.9 Å². The maximum atomic E-state index is 11.7. The van der Waals surface area contributed by atoms with Crippen LogP contribution in [-0.4, -0.2) is 85.0 Å². The van der Waals surface area contributed by atoms with Gasteiger partial charge < -0.3 is 28.4 Å². The fraction of sp³-hybridized carbons (Fsp3) is 0.557. The summed E-state index contributed by atoms with van der Waals surface area (Å²) in [6, 6.07) is 79.0. The molecule has 1 aliphatic carbocycles. The van der Waals surface area contributed by atoms with Crippen LogP contribution < -0.4 is 4.74 Å². The first-order valence-electron chi connectivity index (χ1n) is 53.9. The predicted octanol–water partition coefficient (Wildman–Crippen LogP) is 36.6. The Bertz CT molecular complexity index is 4450. The van der Waals surface area contributed by atoms with E-state index in [1.807, 2.05) is 151 Å². The largest absolute Gasteiger partial charge is 0.497 e. The third-order valence-corrected chi connectivity index (χ3v) is 32.0. The summed E-state index contributed by atoms with van der Waals surface area (Å²) in [5, 5.41) is 0.557. The zero-order chi connectivity index (χ0) is 113. The van der Waals surface area contributed by atoms with Crippen molar-refractivity contribution in [1.82, 2.24) is 0 Å². The molecule has 0 spiro atoms. The van der Waals surface area contributed by atoms with Gasteiger partial charge in [-0.1, -0.05) is 518 Å². The van der Waals surface area contributed by atoms with Crippen molar-refractivity contribution in [2.24, 2.45) is 82.3 Å². The van der Waals surface area contributed by atoms with Crippen molar-refractivity contribution in [3.8, 4) is 16.9 Å². The first-order valence-corrected chi connectivity index (χ1v) is 60.1. The van der Waals surface area contributed by atoms with Crippen LogP contribution in [0.4, 0.5) is 0 Å². The molecule has 0 aromatic heterocycles. The molecule has 0 heterocycles. The minimum Gasteiger partial charge on any atom is -0.497 e. The number of esters is 5. The molecule has 0 fully saturated rings. The molecule has 0 bridgehead atoms. The molecule has 0 aliphatic heterocycles. The van der Waals surface area contributed by atoms with E-state index in [2.05, 4.69) is 375 Å². The summed E-state index contributed by atoms with van der Waals surface area (Å²) in [5.41, 5.74) is 13.8. The van der Waals surface area contributed by atoms with Gasteiger partial charge in [-0.15, -0.1) is 6.58 Å². The molecule has 816 valence electrons. The topological polar surface area (TPSA) is 158 Å². The van der Waals surface area contributed by atoms with E-state index in [0.717, 1.165) is 71.2 Å². The molecular formula is C131H212O12Si2. The molecule has 0 unspecified atom stereocenters. The Hall–Kier alpha value is -9.51. The Morgan fingerprint density at radius 1 is 0.386 bits per heavy atom. The fourth-order valence-electron chi connectivity index (χ4n) is 12.1. The zero-order valence-electron chi connectivity index (χ0n) is 100. The van der Waals surface area contributed by atoms with Gasteiger partial charge in [0.25, 0.3) is 0 Å². The highest BCUT2D eigenvalue weighted by atomic mass is 28.3. The second kappa shape index (κ2) is 79.6. The normalized spacial score (nSPS) is 11.2. The van der Waals surface area contributed by atoms with Crippen LogP contribution in [0.25, 0.3) is 11.1 Å². The van der Waals surface area contributed by atoms with E-state index < -0.39 is 16.9 Å². The monoisotopic (exact) mass is 2030 g/mol. The van der Waals surface area contributed by atoms with Gasteiger partial charge in [0.05, 0.1) is 51.4 Å². The molecule has 1 aliphatic rings. The number of rotatable bonds is 28. The molecule has 12 nitrogen and oxygen atoms in total. The molecule has 145 heavy (non-hydrogen) atoms. The smallest absolute Gasteiger partial charge is 0.308 e. The summed E-state index contributed by atoms with van der Waals surface area (Å²) in [4.78, 5) is 65.4. The van der Waals surface area contributed by atoms with Crippen LogP contribution in [0.5, 0.6) is 5.75 Å². The Labute approximate surface area is 893 Å². The highest BCUT2D eigenvalue weighted by Gasteiger charge is 2.40. The van der Waals surface area contributed by atoms with E-state index in [9.17, 15) is 28.8 Å². The third kappa shape index (κ3) is 70.1. The number of hydrogen-bond donors (Lipinski definition) is 0. The minimum absolute atomic E-state index is 0.0174. The molecule has 0 amide bonds. The van der Waals surface area contributed by atoms with Crippen molar-refractivity contribution in [2.45, 2.75) is 369 Å². The quantitative estimate of drug-likeness (QED) is 0.0150. The van der Waals surface area contributed by atoms with Crippen molar-refractivity contribution in [2.75, 3.05) is 26.9 Å². The van der Waals surface area contributed by atoms with Crippen molar-refractivity contribution in [1.29, 1.82) is 0 Å². The van der Waals surface area contributed by atoms with Gasteiger partial charge in [-0.05, 0) is 173 Å². The summed E-state index contributed by atoms with van der Waals surface area (Å²) in [5.74, 6) is 5.95. The Morgan fingerprint density at radius 3 is 0.945 bits per heavy atom. The number of allylic oxidation sites excluding steroid dienone is 1. The van der Waals surface area contributed by atoms with Crippen LogP contribution in [0, 0.1) is 82.3 Å². The van der Waals surface area contributed by atoms with E-state index in [-0.39, 0.29) is 88.1 Å². The number of ether oxygens (including phenoxy) is 6. The van der Waals surface area contributed by atoms with Gasteiger partial charge >= 0.3 is 29.8 Å². The number of fused-ring (bicyclic) bond motifs is 3. The van der Waals surface area contributed by atoms with Gasteiger partial charge in [0, 0.05) is 26.0 Å². The summed E-state index contributed by atoms with van der Waals surface area (Å²) < 4.78 is 30.4. The number of hydrogen-bond acceptors (Lipinski definition) is 12. The number of methoxy groups -OCH3 is 1. The molecular weight excluding hydrogens is 1820 g/mol. The maximum absolute atomic E-state index is 11.7. The molecule has 0 atom stereocenters. The average Bonchev–Trinajstić information content (AvgIpc) is 1.75. The summed E-state index contributed by atoms with van der Waals surface area (Å²) in [7, 11) is 0.172. The van der Waals surface area contributed by atoms with Crippen LogP contribution in [-0.2, 0) is 77.3 Å². The van der Waals surface area contributed by atoms with Crippen LogP contribution in [0.3, 0.4) is 0 Å². The highest BCUT2D eigenvalue weighted by molar-refractivity contribution is 6.81. The summed E-state index contributed by atoms with van der Waals surface area (Å²) >= 11 is 0. The third-order valence-electron chi connectivity index (χ3n) is 23.8. The fourth-order valence-corrected chi connectivity index (χ4v) is 14.4. The number of carbonyl (C=O) groups excluding carboxylic acids is 6. The second-order valence-corrected chi connectivity index (χ2v) is 55.9. The lowest BCUT2D eigenvalue weighted by molar-refractivity contribution is -0.158. The van der Waals surface area contributed by atoms with E-state index in [1.54, 1.807) is 34.0 Å². The van der Waals surface area contributed by atoms with Crippen LogP contribution in [0.15, 0.2) is 250 Å².